The van der Waals surface area contributed by atoms with Gasteiger partial charge >= 0.3 is 5.97 Å². The van der Waals surface area contributed by atoms with Crippen molar-refractivity contribution in [3.63, 3.8) is 0 Å². The van der Waals surface area contributed by atoms with E-state index in [1.165, 1.54) is 18.1 Å². The monoisotopic (exact) mass is 243 g/mol. The number of carbonyl (C=O) groups is 1. The van der Waals surface area contributed by atoms with Gasteiger partial charge in [0.25, 0.3) is 0 Å². The summed E-state index contributed by atoms with van der Waals surface area (Å²) in [6.45, 7) is 2.37. The maximum atomic E-state index is 11.0. The summed E-state index contributed by atoms with van der Waals surface area (Å²) in [7, 11) is 0. The summed E-state index contributed by atoms with van der Waals surface area (Å²) in [4.78, 5) is 18.7. The molecule has 0 radical (unpaired) electrons. The van der Waals surface area contributed by atoms with Crippen molar-refractivity contribution >= 4 is 11.7 Å². The lowest BCUT2D eigenvalue weighted by atomic mass is 10.2. The van der Waals surface area contributed by atoms with Crippen LogP contribution in [0.3, 0.4) is 0 Å². The number of aryl methyl sites for hydroxylation is 1. The fourth-order valence-electron chi connectivity index (χ4n) is 1.53. The van der Waals surface area contributed by atoms with Crippen LogP contribution in [-0.2, 0) is 6.54 Å². The topological polar surface area (TPSA) is 75.1 Å². The lowest BCUT2D eigenvalue weighted by molar-refractivity contribution is 0.0694. The first-order chi connectivity index (χ1) is 8.66. The molecule has 0 saturated carbocycles. The maximum Gasteiger partial charge on any atom is 0.339 e. The number of nitrogens with zero attached hydrogens (tertiary/aromatic N) is 2. The Labute approximate surface area is 105 Å². The lowest BCUT2D eigenvalue weighted by Gasteiger charge is -2.07. The number of hydrogen-bond acceptors (Lipinski definition) is 4. The number of benzene rings is 1. The van der Waals surface area contributed by atoms with E-state index in [2.05, 4.69) is 15.3 Å². The van der Waals surface area contributed by atoms with Crippen molar-refractivity contribution in [3.8, 4) is 0 Å². The normalized spacial score (nSPS) is 10.1. The summed E-state index contributed by atoms with van der Waals surface area (Å²) in [5.74, 6) is -1.02. The average Bonchev–Trinajstić information content (AvgIpc) is 2.38. The number of carboxylic acids is 1. The second-order valence-electron chi connectivity index (χ2n) is 3.91. The molecule has 5 heteroatoms. The predicted octanol–water partition coefficient (Wildman–Crippen LogP) is 2.10. The van der Waals surface area contributed by atoms with E-state index in [1.54, 1.807) is 0 Å². The van der Waals surface area contributed by atoms with Crippen molar-refractivity contribution in [2.24, 2.45) is 0 Å². The van der Waals surface area contributed by atoms with Gasteiger partial charge in [-0.1, -0.05) is 17.7 Å². The van der Waals surface area contributed by atoms with Crippen LogP contribution in [0.25, 0.3) is 0 Å². The van der Waals surface area contributed by atoms with E-state index in [-0.39, 0.29) is 5.56 Å². The van der Waals surface area contributed by atoms with Gasteiger partial charge in [-0.25, -0.2) is 14.8 Å². The van der Waals surface area contributed by atoms with Gasteiger partial charge < -0.3 is 10.4 Å². The molecule has 2 aromatic rings. The van der Waals surface area contributed by atoms with E-state index < -0.39 is 5.97 Å². The van der Waals surface area contributed by atoms with Crippen LogP contribution in [-0.4, -0.2) is 21.0 Å². The maximum absolute atomic E-state index is 11.0. The van der Waals surface area contributed by atoms with E-state index >= 15 is 0 Å². The minimum Gasteiger partial charge on any atom is -0.478 e. The Kier molecular flexibility index (Phi) is 3.52. The van der Waals surface area contributed by atoms with Crippen LogP contribution < -0.4 is 5.32 Å². The summed E-state index contributed by atoms with van der Waals surface area (Å²) < 4.78 is 0. The molecule has 0 amide bonds. The minimum absolute atomic E-state index is 0.122. The van der Waals surface area contributed by atoms with E-state index in [1.807, 2.05) is 31.2 Å². The highest BCUT2D eigenvalue weighted by atomic mass is 16.4. The van der Waals surface area contributed by atoms with Gasteiger partial charge in [0, 0.05) is 11.9 Å². The van der Waals surface area contributed by atoms with Crippen LogP contribution in [0.4, 0.5) is 5.69 Å². The smallest absolute Gasteiger partial charge is 0.339 e. The van der Waals surface area contributed by atoms with E-state index in [4.69, 9.17) is 5.11 Å². The van der Waals surface area contributed by atoms with Crippen molar-refractivity contribution in [2.75, 3.05) is 5.32 Å². The van der Waals surface area contributed by atoms with Crippen LogP contribution in [0.5, 0.6) is 0 Å². The molecule has 18 heavy (non-hydrogen) atoms. The zero-order chi connectivity index (χ0) is 13.0. The van der Waals surface area contributed by atoms with Gasteiger partial charge in [-0.05, 0) is 19.1 Å². The molecule has 2 N–H and O–H groups in total. The Morgan fingerprint density at radius 2 is 2.06 bits per heavy atom. The molecule has 0 fully saturated rings. The first kappa shape index (κ1) is 12.0. The minimum atomic E-state index is -1.02. The van der Waals surface area contributed by atoms with Crippen molar-refractivity contribution < 1.29 is 9.90 Å². The molecule has 1 aromatic heterocycles. The molecule has 0 aliphatic carbocycles. The van der Waals surface area contributed by atoms with Crippen molar-refractivity contribution in [1.82, 2.24) is 9.97 Å². The zero-order valence-corrected chi connectivity index (χ0v) is 9.92. The Hall–Kier alpha value is -2.43. The van der Waals surface area contributed by atoms with Crippen molar-refractivity contribution in [2.45, 2.75) is 13.5 Å². The number of nitrogens with one attached hydrogen (secondary N) is 1. The number of aromatic carboxylic acids is 1. The van der Waals surface area contributed by atoms with Crippen molar-refractivity contribution in [1.29, 1.82) is 0 Å². The first-order valence-electron chi connectivity index (χ1n) is 5.49. The van der Waals surface area contributed by atoms with Crippen LogP contribution in [0.2, 0.25) is 0 Å². The molecule has 0 atom stereocenters. The van der Waals surface area contributed by atoms with Gasteiger partial charge in [-0.15, -0.1) is 0 Å². The summed E-state index contributed by atoms with van der Waals surface area (Å²) in [6.07, 6.45) is 2.65. The van der Waals surface area contributed by atoms with Gasteiger partial charge in [0.1, 0.15) is 11.9 Å². The van der Waals surface area contributed by atoms with Crippen LogP contribution in [0.15, 0.2) is 36.8 Å². The molecule has 0 aliphatic rings. The number of rotatable bonds is 4. The quantitative estimate of drug-likeness (QED) is 0.860. The summed E-state index contributed by atoms with van der Waals surface area (Å²) in [5.41, 5.74) is 2.69. The molecular weight excluding hydrogens is 230 g/mol. The number of hydrogen-bond donors (Lipinski definition) is 2. The highest BCUT2D eigenvalue weighted by Crippen LogP contribution is 2.11. The average molecular weight is 243 g/mol. The number of anilines is 1. The first-order valence-corrected chi connectivity index (χ1v) is 5.49. The third kappa shape index (κ3) is 2.82. The van der Waals surface area contributed by atoms with Gasteiger partial charge in [0.05, 0.1) is 12.2 Å². The Balaban J connectivity index is 2.10. The molecule has 5 nitrogen and oxygen atoms in total. The number of carboxylic acid groups (broad SMARTS) is 1. The van der Waals surface area contributed by atoms with Gasteiger partial charge in [-0.3, -0.25) is 0 Å². The molecule has 0 unspecified atom stereocenters. The number of aromatic nitrogens is 2. The van der Waals surface area contributed by atoms with E-state index in [9.17, 15) is 4.79 Å². The molecular formula is C13H13N3O2. The molecule has 2 rings (SSSR count). The molecule has 0 aliphatic heterocycles. The van der Waals surface area contributed by atoms with Gasteiger partial charge in [0.2, 0.25) is 0 Å². The predicted molar refractivity (Wildman–Crippen MR) is 67.5 cm³/mol. The SMILES string of the molecule is Cc1ccc(NCc2ncncc2C(=O)O)cc1. The third-order valence-electron chi connectivity index (χ3n) is 2.54. The highest BCUT2D eigenvalue weighted by molar-refractivity contribution is 5.88. The summed E-state index contributed by atoms with van der Waals surface area (Å²) in [6, 6.07) is 7.86. The summed E-state index contributed by atoms with van der Waals surface area (Å²) >= 11 is 0. The molecule has 92 valence electrons. The summed E-state index contributed by atoms with van der Waals surface area (Å²) in [5, 5.41) is 12.1. The van der Waals surface area contributed by atoms with E-state index in [0.717, 1.165) is 5.69 Å². The second-order valence-corrected chi connectivity index (χ2v) is 3.91. The Morgan fingerprint density at radius 1 is 1.33 bits per heavy atom. The zero-order valence-electron chi connectivity index (χ0n) is 9.92. The molecule has 0 spiro atoms. The van der Waals surface area contributed by atoms with Crippen LogP contribution in [0.1, 0.15) is 21.6 Å². The Morgan fingerprint density at radius 3 is 2.72 bits per heavy atom. The Bertz CT molecular complexity index is 552. The second kappa shape index (κ2) is 5.27. The molecule has 0 bridgehead atoms. The standard InChI is InChI=1S/C13H13N3O2/c1-9-2-4-10(5-3-9)15-7-12-11(13(17)18)6-14-8-16-12/h2-6,8,15H,7H2,1H3,(H,17,18). The van der Waals surface area contributed by atoms with Crippen molar-refractivity contribution in [3.05, 3.63) is 53.6 Å². The van der Waals surface area contributed by atoms with Crippen LogP contribution in [0, 0.1) is 6.92 Å². The highest BCUT2D eigenvalue weighted by Gasteiger charge is 2.10. The molecule has 1 heterocycles. The third-order valence-corrected chi connectivity index (χ3v) is 2.54. The lowest BCUT2D eigenvalue weighted by Crippen LogP contribution is -2.10. The van der Waals surface area contributed by atoms with Gasteiger partial charge in [0.15, 0.2) is 0 Å². The molecule has 0 saturated heterocycles. The van der Waals surface area contributed by atoms with Gasteiger partial charge in [-0.2, -0.15) is 0 Å². The van der Waals surface area contributed by atoms with Crippen LogP contribution >= 0.6 is 0 Å². The van der Waals surface area contributed by atoms with E-state index in [0.29, 0.717) is 12.2 Å². The fourth-order valence-corrected chi connectivity index (χ4v) is 1.53. The fraction of sp³-hybridized carbons (Fsp3) is 0.154. The molecule has 1 aromatic carbocycles. The largest absolute Gasteiger partial charge is 0.478 e.